The molecule has 0 aliphatic rings. The van der Waals surface area contributed by atoms with Gasteiger partial charge in [-0.1, -0.05) is 27.7 Å². The number of ether oxygens (including phenoxy) is 1. The lowest BCUT2D eigenvalue weighted by molar-refractivity contribution is -0.119. The van der Waals surface area contributed by atoms with E-state index in [1.54, 1.807) is 6.07 Å². The van der Waals surface area contributed by atoms with Crippen LogP contribution < -0.4 is 15.4 Å². The third-order valence-corrected chi connectivity index (χ3v) is 5.48. The highest BCUT2D eigenvalue weighted by Gasteiger charge is 2.26. The van der Waals surface area contributed by atoms with Gasteiger partial charge < -0.3 is 20.5 Å². The number of phenols is 1. The van der Waals surface area contributed by atoms with Gasteiger partial charge in [0.15, 0.2) is 0 Å². The number of amides is 2. The van der Waals surface area contributed by atoms with Gasteiger partial charge >= 0.3 is 0 Å². The first-order valence-corrected chi connectivity index (χ1v) is 11.4. The maximum Gasteiger partial charge on any atom is 0.251 e. The Balaban J connectivity index is 2.06. The van der Waals surface area contributed by atoms with Crippen LogP contribution in [0.2, 0.25) is 0 Å². The molecular formula is C26H35FN2O4. The summed E-state index contributed by atoms with van der Waals surface area (Å²) in [6, 6.07) is 9.98. The fourth-order valence-electron chi connectivity index (χ4n) is 3.79. The van der Waals surface area contributed by atoms with Crippen molar-refractivity contribution in [3.63, 3.8) is 0 Å². The molecule has 0 radical (unpaired) electrons. The monoisotopic (exact) mass is 458 g/mol. The minimum atomic E-state index is -0.359. The van der Waals surface area contributed by atoms with Gasteiger partial charge in [-0.2, -0.15) is 0 Å². The van der Waals surface area contributed by atoms with E-state index >= 15 is 0 Å². The molecule has 0 aliphatic heterocycles. The Kier molecular flexibility index (Phi) is 9.70. The van der Waals surface area contributed by atoms with Crippen LogP contribution in [0.5, 0.6) is 11.5 Å². The molecule has 2 aromatic rings. The Bertz CT molecular complexity index is 930. The van der Waals surface area contributed by atoms with Gasteiger partial charge in [0, 0.05) is 29.3 Å². The average Bonchev–Trinajstić information content (AvgIpc) is 2.74. The number of halogens is 1. The molecule has 3 N–H and O–H groups in total. The molecule has 0 saturated carbocycles. The molecule has 0 fully saturated rings. The van der Waals surface area contributed by atoms with Crippen LogP contribution in [-0.2, 0) is 4.79 Å². The quantitative estimate of drug-likeness (QED) is 0.422. The lowest BCUT2D eigenvalue weighted by Crippen LogP contribution is -2.41. The van der Waals surface area contributed by atoms with Gasteiger partial charge in [-0.15, -0.1) is 0 Å². The van der Waals surface area contributed by atoms with Gasteiger partial charge in [0.2, 0.25) is 5.91 Å². The van der Waals surface area contributed by atoms with Crippen molar-refractivity contribution < 1.29 is 23.8 Å². The van der Waals surface area contributed by atoms with Gasteiger partial charge in [0.05, 0.1) is 6.61 Å². The van der Waals surface area contributed by atoms with Crippen LogP contribution in [0, 0.1) is 23.6 Å². The van der Waals surface area contributed by atoms with Crippen molar-refractivity contribution in [1.29, 1.82) is 0 Å². The number of aromatic hydroxyl groups is 1. The zero-order valence-electron chi connectivity index (χ0n) is 20.0. The molecule has 7 heteroatoms. The molecule has 6 nitrogen and oxygen atoms in total. The van der Waals surface area contributed by atoms with Gasteiger partial charge in [-0.25, -0.2) is 4.39 Å². The molecule has 0 heterocycles. The third kappa shape index (κ3) is 8.40. The van der Waals surface area contributed by atoms with E-state index in [-0.39, 0.29) is 41.3 Å². The number of carbonyl (C=O) groups excluding carboxylic acids is 2. The lowest BCUT2D eigenvalue weighted by Gasteiger charge is -2.28. The van der Waals surface area contributed by atoms with Gasteiger partial charge in [0.25, 0.3) is 5.91 Å². The lowest BCUT2D eigenvalue weighted by atomic mass is 9.86. The first kappa shape index (κ1) is 26.2. The second-order valence-electron chi connectivity index (χ2n) is 8.97. The summed E-state index contributed by atoms with van der Waals surface area (Å²) in [5.74, 6) is -0.361. The van der Waals surface area contributed by atoms with E-state index in [0.29, 0.717) is 35.9 Å². The van der Waals surface area contributed by atoms with Crippen LogP contribution >= 0.6 is 0 Å². The minimum Gasteiger partial charge on any atom is -0.508 e. The molecular weight excluding hydrogens is 423 g/mol. The maximum absolute atomic E-state index is 13.1. The number of carbonyl (C=O) groups is 2. The average molecular weight is 459 g/mol. The number of nitrogens with one attached hydrogen (secondary N) is 2. The normalized spacial score (nSPS) is 13.8. The fourth-order valence-corrected chi connectivity index (χ4v) is 3.79. The SMILES string of the molecule is CCOc1cc(O)cc(C(=O)N[C@@H](CC(C)C)C(C)C[C@@H](C)C(=O)Nc2ccc(F)cc2)c1. The molecule has 1 unspecified atom stereocenters. The van der Waals surface area contributed by atoms with E-state index in [0.717, 1.165) is 6.42 Å². The van der Waals surface area contributed by atoms with Crippen molar-refractivity contribution >= 4 is 17.5 Å². The van der Waals surface area contributed by atoms with Gasteiger partial charge in [0.1, 0.15) is 17.3 Å². The second kappa shape index (κ2) is 12.2. The summed E-state index contributed by atoms with van der Waals surface area (Å²) in [7, 11) is 0. The zero-order chi connectivity index (χ0) is 24.5. The van der Waals surface area contributed by atoms with Crippen molar-refractivity contribution in [1.82, 2.24) is 5.32 Å². The summed E-state index contributed by atoms with van der Waals surface area (Å²) >= 11 is 0. The van der Waals surface area contributed by atoms with Crippen LogP contribution in [0.25, 0.3) is 0 Å². The van der Waals surface area contributed by atoms with E-state index in [1.807, 2.05) is 20.8 Å². The third-order valence-electron chi connectivity index (χ3n) is 5.48. The Morgan fingerprint density at radius 1 is 1.03 bits per heavy atom. The smallest absolute Gasteiger partial charge is 0.251 e. The highest BCUT2D eigenvalue weighted by atomic mass is 19.1. The number of hydrogen-bond acceptors (Lipinski definition) is 4. The molecule has 180 valence electrons. The summed E-state index contributed by atoms with van der Waals surface area (Å²) in [4.78, 5) is 25.6. The van der Waals surface area contributed by atoms with Crippen LogP contribution in [0.15, 0.2) is 42.5 Å². The van der Waals surface area contributed by atoms with Crippen LogP contribution in [0.3, 0.4) is 0 Å². The molecule has 0 saturated heterocycles. The predicted molar refractivity (Wildman–Crippen MR) is 128 cm³/mol. The highest BCUT2D eigenvalue weighted by molar-refractivity contribution is 5.95. The van der Waals surface area contributed by atoms with E-state index < -0.39 is 0 Å². The molecule has 33 heavy (non-hydrogen) atoms. The molecule has 2 aromatic carbocycles. The topological polar surface area (TPSA) is 87.7 Å². The highest BCUT2D eigenvalue weighted by Crippen LogP contribution is 2.25. The largest absolute Gasteiger partial charge is 0.508 e. The first-order valence-electron chi connectivity index (χ1n) is 11.4. The van der Waals surface area contributed by atoms with Crippen molar-refractivity contribution in [3.8, 4) is 11.5 Å². The van der Waals surface area contributed by atoms with Gasteiger partial charge in [-0.3, -0.25) is 9.59 Å². The predicted octanol–water partition coefficient (Wildman–Crippen LogP) is 5.38. The summed E-state index contributed by atoms with van der Waals surface area (Å²) in [6.45, 7) is 10.3. The molecule has 0 aromatic heterocycles. The van der Waals surface area contributed by atoms with E-state index in [2.05, 4.69) is 24.5 Å². The van der Waals surface area contributed by atoms with Crippen LogP contribution in [0.4, 0.5) is 10.1 Å². The van der Waals surface area contributed by atoms with Crippen LogP contribution in [0.1, 0.15) is 57.8 Å². The van der Waals surface area contributed by atoms with E-state index in [1.165, 1.54) is 36.4 Å². The molecule has 0 aliphatic carbocycles. The molecule has 3 atom stereocenters. The maximum atomic E-state index is 13.1. The number of benzene rings is 2. The van der Waals surface area contributed by atoms with Crippen LogP contribution in [-0.4, -0.2) is 29.6 Å². The minimum absolute atomic E-state index is 0.0222. The fraction of sp³-hybridized carbons (Fsp3) is 0.462. The molecule has 0 bridgehead atoms. The standard InChI is InChI=1S/C26H35FN2O4/c1-6-33-23-14-19(13-22(30)15-23)26(32)29-24(11-16(2)3)17(4)12-18(5)25(31)28-21-9-7-20(27)8-10-21/h7-10,13-18,24,30H,6,11-12H2,1-5H3,(H,28,31)(H,29,32)/t17?,18-,24+/m1/s1. The zero-order valence-corrected chi connectivity index (χ0v) is 20.0. The summed E-state index contributed by atoms with van der Waals surface area (Å²) in [5, 5.41) is 15.8. The second-order valence-corrected chi connectivity index (χ2v) is 8.97. The number of phenolic OH excluding ortho intramolecular Hbond substituents is 1. The summed E-state index contributed by atoms with van der Waals surface area (Å²) in [6.07, 6.45) is 1.31. The molecule has 2 amide bonds. The molecule has 2 rings (SSSR count). The van der Waals surface area contributed by atoms with Crippen molar-refractivity contribution in [2.75, 3.05) is 11.9 Å². The Labute approximate surface area is 195 Å². The van der Waals surface area contributed by atoms with Crippen molar-refractivity contribution in [3.05, 3.63) is 53.8 Å². The number of rotatable bonds is 11. The number of anilines is 1. The summed E-state index contributed by atoms with van der Waals surface area (Å²) < 4.78 is 18.5. The Hall–Kier alpha value is -3.09. The first-order chi connectivity index (χ1) is 15.6. The van der Waals surface area contributed by atoms with Crippen molar-refractivity contribution in [2.45, 2.75) is 53.5 Å². The Morgan fingerprint density at radius 2 is 1.70 bits per heavy atom. The van der Waals surface area contributed by atoms with Gasteiger partial charge in [-0.05, 0) is 68.0 Å². The molecule has 0 spiro atoms. The van der Waals surface area contributed by atoms with E-state index in [9.17, 15) is 19.1 Å². The van der Waals surface area contributed by atoms with Crippen molar-refractivity contribution in [2.24, 2.45) is 17.8 Å². The Morgan fingerprint density at radius 3 is 2.30 bits per heavy atom. The van der Waals surface area contributed by atoms with E-state index in [4.69, 9.17) is 4.74 Å². The summed E-state index contributed by atoms with van der Waals surface area (Å²) in [5.41, 5.74) is 0.864. The number of hydrogen-bond donors (Lipinski definition) is 3.